The number of aliphatic hydroxyl groups is 2. The Hall–Kier alpha value is -11.4. The lowest BCUT2D eigenvalue weighted by Crippen LogP contribution is -2.46. The third kappa shape index (κ3) is 31.9. The van der Waals surface area contributed by atoms with E-state index in [1.807, 2.05) is 0 Å². The lowest BCUT2D eigenvalue weighted by molar-refractivity contribution is -0.701. The molecule has 0 bridgehead atoms. The number of halogens is 4. The van der Waals surface area contributed by atoms with E-state index in [4.69, 9.17) is 92.8 Å². The number of ether oxygens (including phenoxy) is 4. The zero-order chi connectivity index (χ0) is 87.0. The Kier molecular flexibility index (Phi) is 42.0. The molecule has 0 spiro atoms. The van der Waals surface area contributed by atoms with Crippen molar-refractivity contribution in [1.82, 2.24) is 36.6 Å². The number of rotatable bonds is 43. The summed E-state index contributed by atoms with van der Waals surface area (Å²) in [6.07, 6.45) is 8.86. The number of carbonyl (C=O) groups excluding carboxylic acids is 5. The van der Waals surface area contributed by atoms with Gasteiger partial charge in [-0.05, 0) is 150 Å². The van der Waals surface area contributed by atoms with Crippen LogP contribution in [0.4, 0.5) is 34.4 Å². The predicted molar refractivity (Wildman–Crippen MR) is 433 cm³/mol. The highest BCUT2D eigenvalue weighted by molar-refractivity contribution is 6.38. The van der Waals surface area contributed by atoms with Gasteiger partial charge in [-0.3, -0.25) is 49.0 Å². The highest BCUT2D eigenvalue weighted by atomic mass is 35.5. The molecule has 4 heterocycles. The number of hydrogen-bond donors (Lipinski definition) is 17. The first-order chi connectivity index (χ1) is 56.3. The van der Waals surface area contributed by atoms with Gasteiger partial charge in [-0.25, -0.2) is 29.5 Å². The number of aliphatic imine (C=N–C) groups is 2. The number of anilines is 4. The Morgan fingerprint density at radius 3 is 1.34 bits per heavy atom. The molecule has 4 atom stereocenters. The molecule has 45 heteroatoms. The Labute approximate surface area is 696 Å². The number of aromatic nitrogens is 4. The van der Waals surface area contributed by atoms with Crippen molar-refractivity contribution in [2.45, 2.75) is 122 Å². The standard InChI is InChI=1S/C37H46Cl2N10O10.C19H21N7O6.C9H8Cl2N2O3.C8H19NO2/c1-22-25(38)20-26(39)30(49(56)57)29(22)34(52)43-13-5-19-59-17-3-2-16-58-18-4-12-41-28(50)11-10-27(36(54)55)45-33(51)23-6-8-24(9-7-23)44-21-48-15-14-42-32-31(48)35(53)47-37(40)46-32;20-19-24-15-14(17(30)25-19)26(8-7-21-15)9-22-11-3-1-10(2-4-11)16(29)23-12(18(31)32)5-6-13(27)28;1-4-5(10)3-6(11)8(13(15)16)7(4)9(14)12-2;1-10-6-2-3-7-11-8-4-5-9/h6-9,14-15,20,27,35,53H,2-5,10-13,16-19,21H2,1H3,(H7-,40,41,42,43,44,45,46,47,50,51,52,54,55);1-4,7-8,12,17,30H,5-6,9H2,(H6-,20,21,22,23,24,25,27,28,29,31,32);3H,1-2H3,(H,12,14);2-9H2,1H3/p+2. The number of nitrogens with one attached hydrogen (secondary N) is 9. The Morgan fingerprint density at radius 2 is 0.949 bits per heavy atom. The summed E-state index contributed by atoms with van der Waals surface area (Å²) >= 11 is 23.5. The van der Waals surface area contributed by atoms with Crippen molar-refractivity contribution in [3.8, 4) is 0 Å². The molecule has 640 valence electrons. The summed E-state index contributed by atoms with van der Waals surface area (Å²) in [7, 11) is 3.09. The van der Waals surface area contributed by atoms with Gasteiger partial charge in [0, 0.05) is 119 Å². The van der Waals surface area contributed by atoms with E-state index in [1.54, 1.807) is 52.9 Å². The quantitative estimate of drug-likeness (QED) is 0.00991. The van der Waals surface area contributed by atoms with Crippen molar-refractivity contribution < 1.29 is 102 Å². The van der Waals surface area contributed by atoms with Crippen LogP contribution in [0.15, 0.2) is 95.4 Å². The van der Waals surface area contributed by atoms with E-state index in [2.05, 4.69) is 67.8 Å². The fraction of sp³-hybridized carbons (Fsp3) is 0.425. The number of nitrogens with zero attached hydrogens (tertiary/aromatic N) is 8. The molecule has 4 aromatic carbocycles. The number of nitro groups is 2. The number of guanidine groups is 2. The van der Waals surface area contributed by atoms with Crippen molar-refractivity contribution in [3.63, 3.8) is 0 Å². The SMILES string of the molecule is CNC(=O)c1c(C)c(Cl)cc(Cl)c1[N+](=O)[O-].COCCCCOCCCN.Cc1c(Cl)cc(Cl)c([N+](=O)[O-])c1C(=O)NCCCOCCCCOCCCNC(=O)CCC(NC(=O)c1ccc(NC[n+]2ccnc3c2C(O)N=C(N)N3)cc1)C(=O)O.NC1=NC(O)c2c(ncc[n+]2CNc2ccc(C(=O)NC(CCC(=O)O)C(=O)O)cc2)N1. The number of nitro benzene ring substituents is 2. The van der Waals surface area contributed by atoms with Crippen LogP contribution in [-0.2, 0) is 51.5 Å². The topological polar surface area (TPSA) is 606 Å². The largest absolute Gasteiger partial charge is 0.481 e. The van der Waals surface area contributed by atoms with Gasteiger partial charge in [-0.1, -0.05) is 46.4 Å². The Morgan fingerprint density at radius 1 is 0.559 bits per heavy atom. The minimum Gasteiger partial charge on any atom is -0.481 e. The summed E-state index contributed by atoms with van der Waals surface area (Å²) in [6, 6.07) is 12.5. The number of carboxylic acids is 3. The number of methoxy groups -OCH3 is 1. The maximum absolute atomic E-state index is 12.8. The van der Waals surface area contributed by atoms with Gasteiger partial charge < -0.3 is 110 Å². The van der Waals surface area contributed by atoms with Crippen LogP contribution in [-0.4, -0.2) is 197 Å². The second-order valence-corrected chi connectivity index (χ2v) is 27.1. The van der Waals surface area contributed by atoms with E-state index in [0.29, 0.717) is 85.8 Å². The van der Waals surface area contributed by atoms with Crippen LogP contribution in [0.2, 0.25) is 20.1 Å². The molecule has 0 fully saturated rings. The molecule has 8 rings (SSSR count). The molecule has 20 N–H and O–H groups in total. The van der Waals surface area contributed by atoms with Gasteiger partial charge in [-0.2, -0.15) is 9.13 Å². The number of carboxylic acid groups (broad SMARTS) is 3. The molecular formula is C73H96Cl4N20O21+2. The second kappa shape index (κ2) is 51.0. The van der Waals surface area contributed by atoms with Crippen LogP contribution in [0.25, 0.3) is 0 Å². The number of benzene rings is 4. The molecule has 41 nitrogen and oxygen atoms in total. The summed E-state index contributed by atoms with van der Waals surface area (Å²) in [6.45, 7) is 9.04. The van der Waals surface area contributed by atoms with Crippen LogP contribution in [0.5, 0.6) is 0 Å². The fourth-order valence-corrected chi connectivity index (χ4v) is 11.8. The average molecular weight is 1730 g/mol. The Balaban J connectivity index is 0.000000345. The minimum absolute atomic E-state index is 0.0492. The molecule has 5 amide bonds. The summed E-state index contributed by atoms with van der Waals surface area (Å²) in [4.78, 5) is 132. The van der Waals surface area contributed by atoms with E-state index in [0.717, 1.165) is 58.5 Å². The number of amides is 5. The molecule has 6 aromatic rings. The van der Waals surface area contributed by atoms with Crippen LogP contribution in [0.1, 0.15) is 147 Å². The molecule has 2 aromatic heterocycles. The van der Waals surface area contributed by atoms with E-state index < -0.39 is 87.3 Å². The monoisotopic (exact) mass is 1730 g/mol. The number of hydrogen-bond acceptors (Lipinski definition) is 29. The maximum Gasteiger partial charge on any atom is 0.326 e. The molecular weight excluding hydrogens is 1630 g/mol. The molecule has 118 heavy (non-hydrogen) atoms. The van der Waals surface area contributed by atoms with Crippen LogP contribution in [0.3, 0.4) is 0 Å². The van der Waals surface area contributed by atoms with E-state index in [-0.39, 0.29) is 111 Å². The summed E-state index contributed by atoms with van der Waals surface area (Å²) in [5.41, 5.74) is 18.5. The van der Waals surface area contributed by atoms with E-state index in [9.17, 15) is 73.9 Å². The van der Waals surface area contributed by atoms with Crippen LogP contribution < -0.4 is 74.2 Å². The average Bonchev–Trinajstić information content (AvgIpc) is 0.799. The third-order valence-electron chi connectivity index (χ3n) is 16.9. The van der Waals surface area contributed by atoms with Crippen LogP contribution >= 0.6 is 46.4 Å². The summed E-state index contributed by atoms with van der Waals surface area (Å²) < 4.78 is 24.7. The lowest BCUT2D eigenvalue weighted by Gasteiger charge is -2.17. The number of unbranched alkanes of at least 4 members (excludes halogenated alkanes) is 2. The first-order valence-corrected chi connectivity index (χ1v) is 38.1. The normalized spacial score (nSPS) is 13.3. The fourth-order valence-electron chi connectivity index (χ4n) is 10.8. The molecule has 0 radical (unpaired) electrons. The molecule has 0 aliphatic carbocycles. The predicted octanol–water partition coefficient (Wildman–Crippen LogP) is 5.36. The second-order valence-electron chi connectivity index (χ2n) is 25.5. The zero-order valence-corrected chi connectivity index (χ0v) is 67.8. The first-order valence-electron chi connectivity index (χ1n) is 36.6. The van der Waals surface area contributed by atoms with E-state index >= 15 is 0 Å². The molecule has 0 saturated carbocycles. The van der Waals surface area contributed by atoms with Gasteiger partial charge in [0.2, 0.25) is 43.3 Å². The van der Waals surface area contributed by atoms with Gasteiger partial charge in [0.1, 0.15) is 33.3 Å². The van der Waals surface area contributed by atoms with Gasteiger partial charge in [-0.15, -0.1) is 0 Å². The minimum atomic E-state index is -1.31. The summed E-state index contributed by atoms with van der Waals surface area (Å²) in [5.74, 6) is -5.66. The van der Waals surface area contributed by atoms with Gasteiger partial charge in [0.05, 0.1) is 22.2 Å². The van der Waals surface area contributed by atoms with E-state index in [1.165, 1.54) is 69.7 Å². The van der Waals surface area contributed by atoms with Gasteiger partial charge in [0.25, 0.3) is 35.0 Å². The first kappa shape index (κ1) is 97.2. The number of carbonyl (C=O) groups is 8. The smallest absolute Gasteiger partial charge is 0.326 e. The molecule has 2 aliphatic heterocycles. The van der Waals surface area contributed by atoms with Gasteiger partial charge >= 0.3 is 29.3 Å². The number of aliphatic hydroxyl groups excluding tert-OH is 2. The highest BCUT2D eigenvalue weighted by Crippen LogP contribution is 2.37. The zero-order valence-electron chi connectivity index (χ0n) is 64.7. The number of fused-ring (bicyclic) bond motifs is 2. The molecule has 0 saturated heterocycles. The third-order valence-corrected chi connectivity index (χ3v) is 18.3. The number of nitrogens with two attached hydrogens (primary N) is 3. The highest BCUT2D eigenvalue weighted by Gasteiger charge is 2.34. The maximum atomic E-state index is 12.8. The molecule has 4 unspecified atom stereocenters. The van der Waals surface area contributed by atoms with Crippen LogP contribution in [0, 0.1) is 34.1 Å². The van der Waals surface area contributed by atoms with Crippen molar-refractivity contribution >= 4 is 140 Å². The van der Waals surface area contributed by atoms with Crippen molar-refractivity contribution in [2.24, 2.45) is 27.2 Å². The summed E-state index contributed by atoms with van der Waals surface area (Å²) in [5, 5.41) is 94.6. The lowest BCUT2D eigenvalue weighted by atomic mass is 10.1. The van der Waals surface area contributed by atoms with Crippen molar-refractivity contribution in [2.75, 3.05) is 101 Å². The number of aliphatic carboxylic acids is 3. The van der Waals surface area contributed by atoms with Crippen molar-refractivity contribution in [1.29, 1.82) is 0 Å². The van der Waals surface area contributed by atoms with Crippen molar-refractivity contribution in [3.05, 3.63) is 171 Å². The molecule has 2 aliphatic rings. The van der Waals surface area contributed by atoms with Gasteiger partial charge in [0.15, 0.2) is 24.3 Å². The Bertz CT molecular complexity index is 4490.